The molecule has 4 rings (SSSR count). The summed E-state index contributed by atoms with van der Waals surface area (Å²) in [7, 11) is 0. The minimum absolute atomic E-state index is 0.207. The van der Waals surface area contributed by atoms with E-state index in [1.807, 2.05) is 24.3 Å². The van der Waals surface area contributed by atoms with E-state index in [4.69, 9.17) is 0 Å². The molecule has 0 spiro atoms. The lowest BCUT2D eigenvalue weighted by Crippen LogP contribution is -2.30. The predicted octanol–water partition coefficient (Wildman–Crippen LogP) is 4.66. The van der Waals surface area contributed by atoms with Crippen molar-refractivity contribution in [3.63, 3.8) is 0 Å². The number of anilines is 1. The third-order valence-electron chi connectivity index (χ3n) is 4.70. The third-order valence-corrected chi connectivity index (χ3v) is 4.70. The summed E-state index contributed by atoms with van der Waals surface area (Å²) in [5.41, 5.74) is 5.11. The second-order valence-electron chi connectivity index (χ2n) is 6.62. The average Bonchev–Trinajstić information content (AvgIpc) is 2.74. The van der Waals surface area contributed by atoms with E-state index in [0.717, 1.165) is 35.6 Å². The molecule has 0 saturated carbocycles. The summed E-state index contributed by atoms with van der Waals surface area (Å²) < 4.78 is 0. The van der Waals surface area contributed by atoms with Crippen LogP contribution in [-0.4, -0.2) is 12.0 Å². The number of carbonyl (C=O) groups is 1. The molecule has 0 N–H and O–H groups in total. The van der Waals surface area contributed by atoms with Crippen LogP contribution in [0.5, 0.6) is 0 Å². The number of fused-ring (bicyclic) bond motifs is 1. The van der Waals surface area contributed by atoms with E-state index in [-0.39, 0.29) is 5.78 Å². The van der Waals surface area contributed by atoms with Crippen LogP contribution in [-0.2, 0) is 11.3 Å². The number of benzene rings is 2. The zero-order valence-corrected chi connectivity index (χ0v) is 13.8. The number of aliphatic imine (C=N–C) groups is 1. The maximum absolute atomic E-state index is 12.6. The van der Waals surface area contributed by atoms with Crippen molar-refractivity contribution in [3.8, 4) is 0 Å². The van der Waals surface area contributed by atoms with Crippen LogP contribution in [0.15, 0.2) is 70.9 Å². The smallest absolute Gasteiger partial charge is 0.166 e. The minimum atomic E-state index is 0.207. The Kier molecular flexibility index (Phi) is 3.77. The molecule has 1 aliphatic carbocycles. The van der Waals surface area contributed by atoms with Crippen molar-refractivity contribution in [1.29, 1.82) is 0 Å². The number of hydrogen-bond donors (Lipinski definition) is 0. The molecule has 24 heavy (non-hydrogen) atoms. The number of rotatable bonds is 2. The van der Waals surface area contributed by atoms with Crippen molar-refractivity contribution in [3.05, 3.63) is 71.4 Å². The number of ketones is 1. The van der Waals surface area contributed by atoms with Gasteiger partial charge in [0, 0.05) is 24.9 Å². The highest BCUT2D eigenvalue weighted by atomic mass is 16.1. The first-order valence-electron chi connectivity index (χ1n) is 8.43. The molecule has 1 aliphatic heterocycles. The van der Waals surface area contributed by atoms with E-state index in [2.05, 4.69) is 47.1 Å². The van der Waals surface area contributed by atoms with Gasteiger partial charge in [0.05, 0.1) is 16.9 Å². The van der Waals surface area contributed by atoms with Gasteiger partial charge in [-0.15, -0.1) is 0 Å². The van der Waals surface area contributed by atoms with Gasteiger partial charge in [0.2, 0.25) is 0 Å². The molecule has 0 aromatic heterocycles. The maximum Gasteiger partial charge on any atom is 0.166 e. The van der Waals surface area contributed by atoms with Gasteiger partial charge >= 0.3 is 0 Å². The molecule has 2 aromatic rings. The lowest BCUT2D eigenvalue weighted by molar-refractivity contribution is -0.116. The Balaban J connectivity index is 1.85. The van der Waals surface area contributed by atoms with Crippen LogP contribution in [0.1, 0.15) is 25.3 Å². The Morgan fingerprint density at radius 3 is 2.62 bits per heavy atom. The van der Waals surface area contributed by atoms with Crippen LogP contribution < -0.4 is 4.90 Å². The predicted molar refractivity (Wildman–Crippen MR) is 97.7 cm³/mol. The van der Waals surface area contributed by atoms with Crippen LogP contribution in [0.25, 0.3) is 0 Å². The molecule has 0 radical (unpaired) electrons. The highest BCUT2D eigenvalue weighted by Gasteiger charge is 2.30. The summed E-state index contributed by atoms with van der Waals surface area (Å²) in [6.45, 7) is 2.90. The number of allylic oxidation sites excluding steroid dienone is 2. The fraction of sp³-hybridized carbons (Fsp3) is 0.238. The molecule has 0 bridgehead atoms. The van der Waals surface area contributed by atoms with Gasteiger partial charge in [0.15, 0.2) is 5.78 Å². The lowest BCUT2D eigenvalue weighted by atomic mass is 9.87. The topological polar surface area (TPSA) is 32.7 Å². The first-order valence-corrected chi connectivity index (χ1v) is 8.43. The molecular formula is C21H20N2O. The molecular weight excluding hydrogens is 296 g/mol. The van der Waals surface area contributed by atoms with Gasteiger partial charge in [0.25, 0.3) is 0 Å². The maximum atomic E-state index is 12.6. The summed E-state index contributed by atoms with van der Waals surface area (Å²) in [5.74, 6) is 0.576. The fourth-order valence-corrected chi connectivity index (χ4v) is 3.53. The number of nitrogens with zero attached hydrogens (tertiary/aromatic N) is 2. The van der Waals surface area contributed by atoms with Crippen molar-refractivity contribution < 1.29 is 4.79 Å². The van der Waals surface area contributed by atoms with Gasteiger partial charge in [-0.05, 0) is 30.0 Å². The van der Waals surface area contributed by atoms with Gasteiger partial charge < -0.3 is 4.90 Å². The number of carbonyl (C=O) groups excluding carboxylic acids is 1. The summed E-state index contributed by atoms with van der Waals surface area (Å²) in [4.78, 5) is 19.4. The van der Waals surface area contributed by atoms with Gasteiger partial charge in [0.1, 0.15) is 0 Å². The summed E-state index contributed by atoms with van der Waals surface area (Å²) in [6.07, 6.45) is 3.29. The van der Waals surface area contributed by atoms with E-state index in [1.54, 1.807) is 6.21 Å². The second kappa shape index (κ2) is 6.08. The first kappa shape index (κ1) is 14.9. The molecule has 1 atom stereocenters. The SMILES string of the molecule is CC1CC(=O)C2=C(C1)N(Cc1ccccc1)c1ccccc1N=C2. The van der Waals surface area contributed by atoms with Crippen molar-refractivity contribution in [1.82, 2.24) is 0 Å². The minimum Gasteiger partial charge on any atom is -0.338 e. The summed E-state index contributed by atoms with van der Waals surface area (Å²) in [6, 6.07) is 18.5. The van der Waals surface area contributed by atoms with Crippen molar-refractivity contribution in [2.45, 2.75) is 26.3 Å². The Morgan fingerprint density at radius 1 is 1.04 bits per heavy atom. The highest BCUT2D eigenvalue weighted by Crippen LogP contribution is 2.39. The highest BCUT2D eigenvalue weighted by molar-refractivity contribution is 6.16. The molecule has 3 heteroatoms. The third kappa shape index (κ3) is 2.67. The van der Waals surface area contributed by atoms with Gasteiger partial charge in [-0.3, -0.25) is 9.79 Å². The monoisotopic (exact) mass is 316 g/mol. The van der Waals surface area contributed by atoms with E-state index in [1.165, 1.54) is 5.56 Å². The number of para-hydroxylation sites is 2. The van der Waals surface area contributed by atoms with Crippen LogP contribution >= 0.6 is 0 Å². The fourth-order valence-electron chi connectivity index (χ4n) is 3.53. The van der Waals surface area contributed by atoms with Crippen LogP contribution in [0.4, 0.5) is 11.4 Å². The molecule has 120 valence electrons. The van der Waals surface area contributed by atoms with Crippen LogP contribution in [0.3, 0.4) is 0 Å². The quantitative estimate of drug-likeness (QED) is 0.807. The Bertz CT molecular complexity index is 836. The van der Waals surface area contributed by atoms with Gasteiger partial charge in [-0.1, -0.05) is 49.4 Å². The van der Waals surface area contributed by atoms with Crippen LogP contribution in [0, 0.1) is 5.92 Å². The number of hydrogen-bond acceptors (Lipinski definition) is 3. The summed E-state index contributed by atoms with van der Waals surface area (Å²) in [5, 5.41) is 0. The lowest BCUT2D eigenvalue weighted by Gasteiger charge is -2.32. The Labute approximate surface area is 142 Å². The molecule has 1 heterocycles. The zero-order valence-electron chi connectivity index (χ0n) is 13.8. The van der Waals surface area contributed by atoms with Crippen molar-refractivity contribution in [2.75, 3.05) is 4.90 Å². The van der Waals surface area contributed by atoms with Gasteiger partial charge in [-0.2, -0.15) is 0 Å². The molecule has 2 aromatic carbocycles. The van der Waals surface area contributed by atoms with E-state index in [9.17, 15) is 4.79 Å². The van der Waals surface area contributed by atoms with Crippen LogP contribution in [0.2, 0.25) is 0 Å². The normalized spacial score (nSPS) is 19.8. The van der Waals surface area contributed by atoms with Crippen molar-refractivity contribution in [2.24, 2.45) is 10.9 Å². The molecule has 0 fully saturated rings. The van der Waals surface area contributed by atoms with E-state index >= 15 is 0 Å². The van der Waals surface area contributed by atoms with E-state index < -0.39 is 0 Å². The zero-order chi connectivity index (χ0) is 16.5. The molecule has 3 nitrogen and oxygen atoms in total. The molecule has 0 saturated heterocycles. The van der Waals surface area contributed by atoms with Crippen molar-refractivity contribution >= 4 is 23.4 Å². The van der Waals surface area contributed by atoms with Gasteiger partial charge in [-0.25, -0.2) is 0 Å². The Morgan fingerprint density at radius 2 is 1.79 bits per heavy atom. The average molecular weight is 316 g/mol. The largest absolute Gasteiger partial charge is 0.338 e. The summed E-state index contributed by atoms with van der Waals surface area (Å²) >= 11 is 0. The standard InChI is InChI=1S/C21H20N2O/c1-15-11-20-17(21(24)12-15)13-22-18-9-5-6-10-19(18)23(20)14-16-7-3-2-4-8-16/h2-10,13,15H,11-12,14H2,1H3. The molecule has 0 amide bonds. The second-order valence-corrected chi connectivity index (χ2v) is 6.62. The first-order chi connectivity index (χ1) is 11.7. The van der Waals surface area contributed by atoms with E-state index in [0.29, 0.717) is 12.3 Å². The molecule has 1 unspecified atom stereocenters. The number of Topliss-reactive ketones (excluding diaryl/α,β-unsaturated/α-hetero) is 1. The molecule has 2 aliphatic rings. The Hall–Kier alpha value is -2.68.